The van der Waals surface area contributed by atoms with Gasteiger partial charge in [-0.2, -0.15) is 5.26 Å². The van der Waals surface area contributed by atoms with Gasteiger partial charge in [-0.05, 0) is 26.8 Å². The van der Waals surface area contributed by atoms with E-state index in [1.807, 2.05) is 0 Å². The second-order valence-corrected chi connectivity index (χ2v) is 7.49. The lowest BCUT2D eigenvalue weighted by Crippen LogP contribution is -2.40. The molecule has 1 heterocycles. The fraction of sp³-hybridized carbons (Fsp3) is 0.462. The highest BCUT2D eigenvalue weighted by molar-refractivity contribution is 7.90. The van der Waals surface area contributed by atoms with Gasteiger partial charge in [0.1, 0.15) is 12.7 Å². The average molecular weight is 311 g/mol. The molecular weight excluding hydrogens is 294 g/mol. The van der Waals surface area contributed by atoms with E-state index in [2.05, 4.69) is 10.3 Å². The van der Waals surface area contributed by atoms with Gasteiger partial charge < -0.3 is 10.1 Å². The van der Waals surface area contributed by atoms with Crippen molar-refractivity contribution in [3.05, 3.63) is 23.5 Å². The average Bonchev–Trinajstić information content (AvgIpc) is 2.33. The molecule has 1 amide bonds. The topological polar surface area (TPSA) is 109 Å². The Balaban J connectivity index is 2.88. The lowest BCUT2D eigenvalue weighted by atomic mass is 10.1. The first-order chi connectivity index (χ1) is 9.53. The van der Waals surface area contributed by atoms with Gasteiger partial charge in [0.2, 0.25) is 0 Å². The third-order valence-electron chi connectivity index (χ3n) is 2.27. The molecule has 0 fully saturated rings. The molecule has 114 valence electrons. The largest absolute Gasteiger partial charge is 0.443 e. The maximum absolute atomic E-state index is 11.6. The molecule has 1 N–H and O–H groups in total. The zero-order valence-corrected chi connectivity index (χ0v) is 13.1. The number of sulfone groups is 1. The molecule has 0 aliphatic carbocycles. The van der Waals surface area contributed by atoms with Crippen molar-refractivity contribution < 1.29 is 17.9 Å². The second-order valence-electron chi connectivity index (χ2n) is 5.51. The first-order valence-corrected chi connectivity index (χ1v) is 7.96. The maximum atomic E-state index is 11.6. The number of hydrogen-bond acceptors (Lipinski definition) is 6. The predicted molar refractivity (Wildman–Crippen MR) is 75.1 cm³/mol. The first-order valence-electron chi connectivity index (χ1n) is 6.07. The fourth-order valence-electron chi connectivity index (χ4n) is 1.43. The summed E-state index contributed by atoms with van der Waals surface area (Å²) in [4.78, 5) is 15.3. The molecular formula is C13H17N3O4S. The molecule has 0 saturated heterocycles. The molecule has 0 atom stereocenters. The Bertz CT molecular complexity index is 684. The third-order valence-corrected chi connectivity index (χ3v) is 3.41. The Kier molecular flexibility index (Phi) is 4.91. The summed E-state index contributed by atoms with van der Waals surface area (Å²) in [7, 11) is -3.55. The summed E-state index contributed by atoms with van der Waals surface area (Å²) in [5.41, 5.74) is -0.230. The quantitative estimate of drug-likeness (QED) is 0.903. The maximum Gasteiger partial charge on any atom is 0.407 e. The van der Waals surface area contributed by atoms with Crippen LogP contribution < -0.4 is 5.32 Å². The minimum absolute atomic E-state index is 0.0413. The summed E-state index contributed by atoms with van der Waals surface area (Å²) in [6, 6.07) is 3.00. The van der Waals surface area contributed by atoms with Crippen LogP contribution in [0, 0.1) is 11.3 Å². The Hall–Kier alpha value is -2.14. The Morgan fingerprint density at radius 1 is 1.48 bits per heavy atom. The molecule has 0 radical (unpaired) electrons. The highest BCUT2D eigenvalue weighted by atomic mass is 32.2. The number of carbonyl (C=O) groups excluding carboxylic acids is 1. The minimum atomic E-state index is -3.55. The molecule has 1 aromatic rings. The van der Waals surface area contributed by atoms with Crippen LogP contribution in [0.25, 0.3) is 0 Å². The zero-order chi connectivity index (χ0) is 16.3. The van der Waals surface area contributed by atoms with E-state index in [1.165, 1.54) is 6.07 Å². The number of nitriles is 1. The van der Waals surface area contributed by atoms with Crippen molar-refractivity contribution in [1.82, 2.24) is 10.3 Å². The van der Waals surface area contributed by atoms with Crippen molar-refractivity contribution in [3.63, 3.8) is 0 Å². The molecule has 0 aliphatic rings. The number of rotatable bonds is 3. The van der Waals surface area contributed by atoms with Gasteiger partial charge in [0, 0.05) is 18.0 Å². The molecule has 0 unspecified atom stereocenters. The van der Waals surface area contributed by atoms with Gasteiger partial charge in [-0.15, -0.1) is 0 Å². The van der Waals surface area contributed by atoms with E-state index in [0.717, 1.165) is 12.5 Å². The number of nitrogens with zero attached hydrogens (tertiary/aromatic N) is 2. The van der Waals surface area contributed by atoms with E-state index in [1.54, 1.807) is 26.8 Å². The molecule has 0 bridgehead atoms. The van der Waals surface area contributed by atoms with Crippen LogP contribution in [0.1, 0.15) is 32.0 Å². The SMILES string of the molecule is CC(C)(C)NC(=O)OCc1cc(S(C)(=O)=O)c(C#N)cn1. The highest BCUT2D eigenvalue weighted by Crippen LogP contribution is 2.15. The van der Waals surface area contributed by atoms with Crippen molar-refractivity contribution in [1.29, 1.82) is 5.26 Å². The summed E-state index contributed by atoms with van der Waals surface area (Å²) in [5, 5.41) is 11.5. The number of amides is 1. The van der Waals surface area contributed by atoms with Gasteiger partial charge in [-0.25, -0.2) is 13.2 Å². The van der Waals surface area contributed by atoms with Crippen molar-refractivity contribution >= 4 is 15.9 Å². The summed E-state index contributed by atoms with van der Waals surface area (Å²) in [5.74, 6) is 0. The Morgan fingerprint density at radius 3 is 2.57 bits per heavy atom. The molecule has 1 aromatic heterocycles. The van der Waals surface area contributed by atoms with Crippen LogP contribution in [0.2, 0.25) is 0 Å². The number of carbonyl (C=O) groups is 1. The van der Waals surface area contributed by atoms with Crippen LogP contribution in [0.5, 0.6) is 0 Å². The van der Waals surface area contributed by atoms with Crippen LogP contribution in [-0.4, -0.2) is 31.3 Å². The number of nitrogens with one attached hydrogen (secondary N) is 1. The normalized spacial score (nSPS) is 11.6. The van der Waals surface area contributed by atoms with Crippen molar-refractivity contribution in [3.8, 4) is 6.07 Å². The van der Waals surface area contributed by atoms with Crippen LogP contribution >= 0.6 is 0 Å². The van der Waals surface area contributed by atoms with Crippen LogP contribution in [0.3, 0.4) is 0 Å². The number of pyridine rings is 1. The fourth-order valence-corrected chi connectivity index (χ4v) is 2.28. The molecule has 0 aliphatic heterocycles. The Morgan fingerprint density at radius 2 is 2.10 bits per heavy atom. The van der Waals surface area contributed by atoms with Gasteiger partial charge >= 0.3 is 6.09 Å². The van der Waals surface area contributed by atoms with Crippen molar-refractivity contribution in [2.24, 2.45) is 0 Å². The van der Waals surface area contributed by atoms with Crippen LogP contribution in [0.15, 0.2) is 17.2 Å². The lowest BCUT2D eigenvalue weighted by molar-refractivity contribution is 0.130. The van der Waals surface area contributed by atoms with Crippen LogP contribution in [-0.2, 0) is 21.2 Å². The van der Waals surface area contributed by atoms with Crippen LogP contribution in [0.4, 0.5) is 4.79 Å². The number of alkyl carbamates (subject to hydrolysis) is 1. The highest BCUT2D eigenvalue weighted by Gasteiger charge is 2.17. The lowest BCUT2D eigenvalue weighted by Gasteiger charge is -2.19. The molecule has 0 saturated carbocycles. The molecule has 1 rings (SSSR count). The van der Waals surface area contributed by atoms with E-state index in [-0.39, 0.29) is 22.8 Å². The van der Waals surface area contributed by atoms with Crippen molar-refractivity contribution in [2.75, 3.05) is 6.26 Å². The van der Waals surface area contributed by atoms with E-state index < -0.39 is 21.5 Å². The second kappa shape index (κ2) is 6.10. The van der Waals surface area contributed by atoms with Gasteiger partial charge in [0.15, 0.2) is 9.84 Å². The van der Waals surface area contributed by atoms with E-state index in [9.17, 15) is 13.2 Å². The molecule has 0 aromatic carbocycles. The molecule has 21 heavy (non-hydrogen) atoms. The number of ether oxygens (including phenoxy) is 1. The van der Waals surface area contributed by atoms with E-state index in [0.29, 0.717) is 0 Å². The summed E-state index contributed by atoms with van der Waals surface area (Å²) in [6.45, 7) is 5.22. The monoisotopic (exact) mass is 311 g/mol. The number of aromatic nitrogens is 1. The van der Waals surface area contributed by atoms with Gasteiger partial charge in [0.05, 0.1) is 16.2 Å². The molecule has 0 spiro atoms. The molecule has 7 nitrogen and oxygen atoms in total. The predicted octanol–water partition coefficient (Wildman–Crippen LogP) is 1.38. The first kappa shape index (κ1) is 16.9. The summed E-state index contributed by atoms with van der Waals surface area (Å²) < 4.78 is 28.1. The minimum Gasteiger partial charge on any atom is -0.443 e. The van der Waals surface area contributed by atoms with Gasteiger partial charge in [0.25, 0.3) is 0 Å². The van der Waals surface area contributed by atoms with Crippen molar-refractivity contribution in [2.45, 2.75) is 37.8 Å². The standard InChI is InChI=1S/C13H17N3O4S/c1-13(2,3)16-12(17)20-8-10-5-11(21(4,18)19)9(6-14)7-15-10/h5,7H,8H2,1-4H3,(H,16,17). The number of hydrogen-bond donors (Lipinski definition) is 1. The third kappa shape index (κ3) is 5.39. The summed E-state index contributed by atoms with van der Waals surface area (Å²) >= 11 is 0. The van der Waals surface area contributed by atoms with E-state index in [4.69, 9.17) is 10.00 Å². The van der Waals surface area contributed by atoms with Gasteiger partial charge in [-0.1, -0.05) is 0 Å². The van der Waals surface area contributed by atoms with E-state index >= 15 is 0 Å². The molecule has 8 heteroatoms. The Labute approximate surface area is 123 Å². The zero-order valence-electron chi connectivity index (χ0n) is 12.3. The van der Waals surface area contributed by atoms with Gasteiger partial charge in [-0.3, -0.25) is 4.98 Å². The smallest absolute Gasteiger partial charge is 0.407 e. The summed E-state index contributed by atoms with van der Waals surface area (Å²) in [6.07, 6.45) is 1.52.